The molecule has 1 heterocycles. The number of rotatable bonds is 1. The molecule has 4 fully saturated rings. The van der Waals surface area contributed by atoms with Crippen molar-refractivity contribution in [2.75, 3.05) is 13.2 Å². The van der Waals surface area contributed by atoms with Gasteiger partial charge in [-0.15, -0.1) is 0 Å². The lowest BCUT2D eigenvalue weighted by molar-refractivity contribution is -0.361. The maximum atomic E-state index is 14.6. The third-order valence-electron chi connectivity index (χ3n) is 9.84. The number of halogens is 5. The van der Waals surface area contributed by atoms with Crippen molar-refractivity contribution >= 4 is 0 Å². The van der Waals surface area contributed by atoms with E-state index >= 15 is 0 Å². The molecule has 1 saturated heterocycles. The molecule has 0 aromatic rings. The van der Waals surface area contributed by atoms with Crippen molar-refractivity contribution in [3.8, 4) is 0 Å². The highest BCUT2D eigenvalue weighted by Crippen LogP contribution is 2.68. The van der Waals surface area contributed by atoms with Crippen molar-refractivity contribution in [1.82, 2.24) is 0 Å². The summed E-state index contributed by atoms with van der Waals surface area (Å²) in [4.78, 5) is 0. The molecule has 0 radical (unpaired) electrons. The van der Waals surface area contributed by atoms with Crippen LogP contribution in [0, 0.1) is 34.5 Å². The predicted molar refractivity (Wildman–Crippen MR) is 111 cm³/mol. The fourth-order valence-electron chi connectivity index (χ4n) is 7.89. The van der Waals surface area contributed by atoms with Crippen LogP contribution in [-0.4, -0.2) is 41.8 Å². The Balaban J connectivity index is 1.38. The molecule has 5 rings (SSSR count). The third-order valence-corrected chi connectivity index (χ3v) is 9.84. The van der Waals surface area contributed by atoms with Gasteiger partial charge < -0.3 is 14.6 Å². The average molecular weight is 479 g/mol. The average Bonchev–Trinajstić information content (AvgIpc) is 3.02. The second-order valence-electron chi connectivity index (χ2n) is 12.3. The Labute approximate surface area is 192 Å². The Kier molecular flexibility index (Phi) is 5.20. The number of alkyl halides is 5. The van der Waals surface area contributed by atoms with Gasteiger partial charge in [0, 0.05) is 23.7 Å². The van der Waals surface area contributed by atoms with E-state index in [2.05, 4.69) is 13.8 Å². The summed E-state index contributed by atoms with van der Waals surface area (Å²) in [6, 6.07) is 0. The fourth-order valence-corrected chi connectivity index (χ4v) is 7.89. The quantitative estimate of drug-likeness (QED) is 0.357. The molecule has 188 valence electrons. The molecule has 0 bridgehead atoms. The maximum absolute atomic E-state index is 14.6. The smallest absolute Gasteiger partial charge is 0.383 e. The molecule has 0 aromatic heterocycles. The van der Waals surface area contributed by atoms with Crippen LogP contribution in [0.15, 0.2) is 11.6 Å². The molecule has 4 aliphatic carbocycles. The molecule has 1 spiro atoms. The molecule has 1 N–H and O–H groups in total. The molecular formula is C25H35F5O3. The SMILES string of the molecule is CC1(C)COC2(CCC3C4=CCC5(C)C(CCC5(O)C(F)(F)C(F)(F)F)C4CCC3C2)OC1. The summed E-state index contributed by atoms with van der Waals surface area (Å²) in [5.74, 6) is -5.43. The zero-order valence-electron chi connectivity index (χ0n) is 19.6. The van der Waals surface area contributed by atoms with Gasteiger partial charge >= 0.3 is 12.1 Å². The predicted octanol–water partition coefficient (Wildman–Crippen LogP) is 6.26. The number of hydrogen-bond donors (Lipinski definition) is 1. The van der Waals surface area contributed by atoms with E-state index in [1.165, 1.54) is 12.5 Å². The van der Waals surface area contributed by atoms with Gasteiger partial charge in [-0.3, -0.25) is 0 Å². The molecule has 1 aliphatic heterocycles. The zero-order chi connectivity index (χ0) is 24.1. The van der Waals surface area contributed by atoms with E-state index in [0.717, 1.165) is 32.1 Å². The van der Waals surface area contributed by atoms with E-state index in [-0.39, 0.29) is 36.0 Å². The molecule has 0 amide bonds. The topological polar surface area (TPSA) is 38.7 Å². The lowest BCUT2D eigenvalue weighted by atomic mass is 9.52. The van der Waals surface area contributed by atoms with Gasteiger partial charge in [-0.05, 0) is 62.2 Å². The van der Waals surface area contributed by atoms with Gasteiger partial charge in [0.05, 0.1) is 13.2 Å². The van der Waals surface area contributed by atoms with Crippen molar-refractivity contribution in [2.45, 2.75) is 95.6 Å². The standard InChI is InChI=1S/C25H35F5O3/c1-20(2)13-32-22(33-14-20)10-7-16-15(12-22)4-5-18-17(16)6-9-21(3)19(18)8-11-23(21,31)24(26,27)25(28,29)30/h6,15-16,18-19,31H,4-5,7-14H2,1-3H3. The lowest BCUT2D eigenvalue weighted by Crippen LogP contribution is -2.64. The number of hydrogen-bond acceptors (Lipinski definition) is 3. The third kappa shape index (κ3) is 3.29. The van der Waals surface area contributed by atoms with Crippen LogP contribution in [0.3, 0.4) is 0 Å². The van der Waals surface area contributed by atoms with Gasteiger partial charge in [-0.1, -0.05) is 32.4 Å². The minimum atomic E-state index is -5.77. The van der Waals surface area contributed by atoms with E-state index in [9.17, 15) is 27.1 Å². The second-order valence-corrected chi connectivity index (χ2v) is 12.3. The van der Waals surface area contributed by atoms with Crippen LogP contribution in [0.2, 0.25) is 0 Å². The fraction of sp³-hybridized carbons (Fsp3) is 0.920. The molecule has 0 aromatic carbocycles. The van der Waals surface area contributed by atoms with E-state index < -0.39 is 35.3 Å². The van der Waals surface area contributed by atoms with Crippen molar-refractivity contribution in [3.05, 3.63) is 11.6 Å². The molecule has 8 heteroatoms. The number of fused-ring (bicyclic) bond motifs is 5. The first-order valence-electron chi connectivity index (χ1n) is 12.3. The first kappa shape index (κ1) is 24.0. The highest BCUT2D eigenvalue weighted by atomic mass is 19.4. The van der Waals surface area contributed by atoms with Crippen LogP contribution in [0.1, 0.15) is 72.1 Å². The van der Waals surface area contributed by atoms with Crippen LogP contribution in [0.25, 0.3) is 0 Å². The summed E-state index contributed by atoms with van der Waals surface area (Å²) in [6.45, 7) is 6.99. The van der Waals surface area contributed by atoms with Crippen LogP contribution in [0.4, 0.5) is 22.0 Å². The first-order chi connectivity index (χ1) is 15.1. The lowest BCUT2D eigenvalue weighted by Gasteiger charge is -2.56. The summed E-state index contributed by atoms with van der Waals surface area (Å²) in [5.41, 5.74) is -3.35. The van der Waals surface area contributed by atoms with Crippen LogP contribution in [0.5, 0.6) is 0 Å². The van der Waals surface area contributed by atoms with Crippen molar-refractivity contribution in [3.63, 3.8) is 0 Å². The largest absolute Gasteiger partial charge is 0.456 e. The molecule has 6 unspecified atom stereocenters. The number of aliphatic hydroxyl groups is 1. The number of ether oxygens (including phenoxy) is 2. The van der Waals surface area contributed by atoms with Crippen LogP contribution >= 0.6 is 0 Å². The normalized spacial score (nSPS) is 44.6. The molecule has 6 atom stereocenters. The Morgan fingerprint density at radius 2 is 1.58 bits per heavy atom. The zero-order valence-corrected chi connectivity index (χ0v) is 19.6. The highest BCUT2D eigenvalue weighted by Gasteiger charge is 2.78. The van der Waals surface area contributed by atoms with Gasteiger partial charge in [0.15, 0.2) is 5.79 Å². The van der Waals surface area contributed by atoms with Crippen molar-refractivity contribution < 1.29 is 36.5 Å². The molecule has 33 heavy (non-hydrogen) atoms. The summed E-state index contributed by atoms with van der Waals surface area (Å²) >= 11 is 0. The Morgan fingerprint density at radius 3 is 2.21 bits per heavy atom. The summed E-state index contributed by atoms with van der Waals surface area (Å²) in [6.07, 6.45) is -0.0504. The summed E-state index contributed by atoms with van der Waals surface area (Å²) in [5, 5.41) is 10.9. The molecule has 3 saturated carbocycles. The van der Waals surface area contributed by atoms with E-state index in [1.807, 2.05) is 6.08 Å². The second kappa shape index (κ2) is 7.16. The van der Waals surface area contributed by atoms with E-state index in [0.29, 0.717) is 19.1 Å². The summed E-state index contributed by atoms with van der Waals surface area (Å²) in [7, 11) is 0. The minimum Gasteiger partial charge on any atom is -0.383 e. The van der Waals surface area contributed by atoms with Crippen LogP contribution in [-0.2, 0) is 9.47 Å². The first-order valence-corrected chi connectivity index (χ1v) is 12.3. The molecule has 5 aliphatic rings. The highest BCUT2D eigenvalue weighted by molar-refractivity contribution is 5.29. The van der Waals surface area contributed by atoms with Gasteiger partial charge in [-0.25, -0.2) is 0 Å². The summed E-state index contributed by atoms with van der Waals surface area (Å²) < 4.78 is 81.4. The van der Waals surface area contributed by atoms with Crippen molar-refractivity contribution in [1.29, 1.82) is 0 Å². The Morgan fingerprint density at radius 1 is 0.909 bits per heavy atom. The van der Waals surface area contributed by atoms with E-state index in [4.69, 9.17) is 9.47 Å². The molecular weight excluding hydrogens is 443 g/mol. The molecule has 3 nitrogen and oxygen atoms in total. The van der Waals surface area contributed by atoms with Gasteiger partial charge in [0.2, 0.25) is 0 Å². The number of allylic oxidation sites excluding steroid dienone is 2. The van der Waals surface area contributed by atoms with Crippen LogP contribution < -0.4 is 0 Å². The van der Waals surface area contributed by atoms with Gasteiger partial charge in [0.1, 0.15) is 5.60 Å². The maximum Gasteiger partial charge on any atom is 0.456 e. The van der Waals surface area contributed by atoms with Gasteiger partial charge in [-0.2, -0.15) is 22.0 Å². The van der Waals surface area contributed by atoms with Gasteiger partial charge in [0.25, 0.3) is 0 Å². The minimum absolute atomic E-state index is 0.00609. The Hall–Kier alpha value is -0.730. The monoisotopic (exact) mass is 478 g/mol. The van der Waals surface area contributed by atoms with Crippen molar-refractivity contribution in [2.24, 2.45) is 34.5 Å². The van der Waals surface area contributed by atoms with E-state index in [1.54, 1.807) is 0 Å². The Bertz CT molecular complexity index is 826.